The van der Waals surface area contributed by atoms with Crippen LogP contribution in [-0.2, 0) is 11.3 Å². The van der Waals surface area contributed by atoms with Crippen molar-refractivity contribution in [3.63, 3.8) is 0 Å². The number of halogens is 1. The lowest BCUT2D eigenvalue weighted by Crippen LogP contribution is -2.37. The van der Waals surface area contributed by atoms with Crippen molar-refractivity contribution in [1.82, 2.24) is 5.32 Å². The monoisotopic (exact) mass is 347 g/mol. The van der Waals surface area contributed by atoms with Gasteiger partial charge in [-0.1, -0.05) is 42.8 Å². The molecule has 2 aromatic carbocycles. The fraction of sp³-hybridized carbons (Fsp3) is 0.316. The van der Waals surface area contributed by atoms with E-state index in [1.807, 2.05) is 43.3 Å². The summed E-state index contributed by atoms with van der Waals surface area (Å²) in [7, 11) is 1.62. The molecule has 0 radical (unpaired) electrons. The van der Waals surface area contributed by atoms with Gasteiger partial charge in [-0.15, -0.1) is 0 Å². The van der Waals surface area contributed by atoms with Crippen LogP contribution in [0.1, 0.15) is 29.3 Å². The first-order valence-corrected chi connectivity index (χ1v) is 8.28. The highest BCUT2D eigenvalue weighted by Crippen LogP contribution is 2.20. The summed E-state index contributed by atoms with van der Waals surface area (Å²) in [4.78, 5) is 12.5. The third kappa shape index (κ3) is 5.25. The molecule has 1 amide bonds. The van der Waals surface area contributed by atoms with E-state index in [0.717, 1.165) is 12.0 Å². The summed E-state index contributed by atoms with van der Waals surface area (Å²) in [5.74, 6) is 0.392. The zero-order valence-corrected chi connectivity index (χ0v) is 14.7. The van der Waals surface area contributed by atoms with E-state index in [9.17, 15) is 4.79 Å². The van der Waals surface area contributed by atoms with Crippen LogP contribution in [-0.4, -0.2) is 25.7 Å². The van der Waals surface area contributed by atoms with Crippen LogP contribution < -0.4 is 10.1 Å². The van der Waals surface area contributed by atoms with E-state index in [2.05, 4.69) is 5.32 Å². The van der Waals surface area contributed by atoms with E-state index in [1.165, 1.54) is 0 Å². The van der Waals surface area contributed by atoms with Gasteiger partial charge in [-0.25, -0.2) is 0 Å². The van der Waals surface area contributed by atoms with E-state index >= 15 is 0 Å². The fourth-order valence-electron chi connectivity index (χ4n) is 2.25. The van der Waals surface area contributed by atoms with Gasteiger partial charge in [0.15, 0.2) is 0 Å². The molecule has 0 bridgehead atoms. The predicted octanol–water partition coefficient (Wildman–Crippen LogP) is 4.07. The van der Waals surface area contributed by atoms with Crippen LogP contribution in [0.5, 0.6) is 5.75 Å². The quantitative estimate of drug-likeness (QED) is 0.783. The smallest absolute Gasteiger partial charge is 0.255 e. The van der Waals surface area contributed by atoms with E-state index in [0.29, 0.717) is 29.5 Å². The number of ether oxygens (including phenoxy) is 2. The Morgan fingerprint density at radius 3 is 2.54 bits per heavy atom. The zero-order chi connectivity index (χ0) is 17.4. The molecule has 0 fully saturated rings. The summed E-state index contributed by atoms with van der Waals surface area (Å²) in [5, 5.41) is 3.65. The van der Waals surface area contributed by atoms with Crippen molar-refractivity contribution in [3.05, 3.63) is 64.7 Å². The Morgan fingerprint density at radius 2 is 1.88 bits per heavy atom. The number of para-hydroxylation sites is 1. The minimum atomic E-state index is -0.161. The number of benzene rings is 2. The second-order valence-corrected chi connectivity index (χ2v) is 5.88. The highest BCUT2D eigenvalue weighted by Gasteiger charge is 2.16. The Morgan fingerprint density at radius 1 is 1.17 bits per heavy atom. The lowest BCUT2D eigenvalue weighted by molar-refractivity contribution is 0.0890. The summed E-state index contributed by atoms with van der Waals surface area (Å²) < 4.78 is 10.9. The number of rotatable bonds is 8. The molecule has 1 N–H and O–H groups in total. The van der Waals surface area contributed by atoms with Gasteiger partial charge in [-0.3, -0.25) is 4.79 Å². The molecule has 0 aliphatic heterocycles. The molecule has 0 heterocycles. The fourth-order valence-corrected chi connectivity index (χ4v) is 2.37. The van der Waals surface area contributed by atoms with Crippen molar-refractivity contribution in [2.45, 2.75) is 26.0 Å². The Balaban J connectivity index is 2.06. The molecule has 2 rings (SSSR count). The van der Waals surface area contributed by atoms with E-state index in [-0.39, 0.29) is 11.9 Å². The van der Waals surface area contributed by atoms with Gasteiger partial charge in [0.1, 0.15) is 12.4 Å². The Labute approximate surface area is 147 Å². The van der Waals surface area contributed by atoms with Gasteiger partial charge in [0, 0.05) is 12.1 Å². The second kappa shape index (κ2) is 9.30. The van der Waals surface area contributed by atoms with Crippen LogP contribution in [0, 0.1) is 0 Å². The second-order valence-electron chi connectivity index (χ2n) is 5.45. The maximum atomic E-state index is 12.5. The third-order valence-electron chi connectivity index (χ3n) is 3.64. The van der Waals surface area contributed by atoms with Crippen LogP contribution in [0.15, 0.2) is 48.5 Å². The van der Waals surface area contributed by atoms with Crippen LogP contribution in [0.2, 0.25) is 5.02 Å². The third-order valence-corrected chi connectivity index (χ3v) is 3.89. The molecule has 0 saturated heterocycles. The van der Waals surface area contributed by atoms with E-state index < -0.39 is 0 Å². The Kier molecular flexibility index (Phi) is 7.09. The van der Waals surface area contributed by atoms with Crippen molar-refractivity contribution in [2.24, 2.45) is 0 Å². The van der Waals surface area contributed by atoms with Gasteiger partial charge in [0.05, 0.1) is 18.2 Å². The van der Waals surface area contributed by atoms with Crippen molar-refractivity contribution in [1.29, 1.82) is 0 Å². The number of methoxy groups -OCH3 is 1. The molecule has 0 saturated carbocycles. The predicted molar refractivity (Wildman–Crippen MR) is 95.6 cm³/mol. The SMILES string of the molecule is CCC(COC)NC(=O)c1ccccc1OCc1ccc(Cl)cc1. The molecule has 4 nitrogen and oxygen atoms in total. The van der Waals surface area contributed by atoms with Crippen LogP contribution >= 0.6 is 11.6 Å². The lowest BCUT2D eigenvalue weighted by atomic mass is 10.1. The average Bonchev–Trinajstić information content (AvgIpc) is 2.61. The van der Waals surface area contributed by atoms with Gasteiger partial charge in [0.25, 0.3) is 5.91 Å². The molecule has 0 aromatic heterocycles. The molecule has 0 spiro atoms. The van der Waals surface area contributed by atoms with E-state index in [1.54, 1.807) is 19.2 Å². The topological polar surface area (TPSA) is 47.6 Å². The highest BCUT2D eigenvalue weighted by atomic mass is 35.5. The minimum Gasteiger partial charge on any atom is -0.488 e. The lowest BCUT2D eigenvalue weighted by Gasteiger charge is -2.17. The van der Waals surface area contributed by atoms with Crippen LogP contribution in [0.4, 0.5) is 0 Å². The average molecular weight is 348 g/mol. The van der Waals surface area contributed by atoms with Crippen LogP contribution in [0.3, 0.4) is 0 Å². The van der Waals surface area contributed by atoms with Crippen molar-refractivity contribution in [2.75, 3.05) is 13.7 Å². The maximum absolute atomic E-state index is 12.5. The standard InChI is InChI=1S/C19H22ClNO3/c1-3-16(13-23-2)21-19(22)17-6-4-5-7-18(17)24-12-14-8-10-15(20)11-9-14/h4-11,16H,3,12-13H2,1-2H3,(H,21,22). The molecule has 24 heavy (non-hydrogen) atoms. The van der Waals surface area contributed by atoms with Gasteiger partial charge >= 0.3 is 0 Å². The van der Waals surface area contributed by atoms with Crippen LogP contribution in [0.25, 0.3) is 0 Å². The zero-order valence-electron chi connectivity index (χ0n) is 13.9. The first kappa shape index (κ1) is 18.3. The van der Waals surface area contributed by atoms with Crippen molar-refractivity contribution in [3.8, 4) is 5.75 Å². The first-order valence-electron chi connectivity index (χ1n) is 7.90. The maximum Gasteiger partial charge on any atom is 0.255 e. The van der Waals surface area contributed by atoms with Crippen molar-refractivity contribution >= 4 is 17.5 Å². The molecule has 1 unspecified atom stereocenters. The highest BCUT2D eigenvalue weighted by molar-refractivity contribution is 6.30. The molecular formula is C19H22ClNO3. The number of nitrogens with one attached hydrogen (secondary N) is 1. The van der Waals surface area contributed by atoms with Gasteiger partial charge in [-0.05, 0) is 36.2 Å². The number of hydrogen-bond donors (Lipinski definition) is 1. The molecule has 0 aliphatic rings. The number of hydrogen-bond acceptors (Lipinski definition) is 3. The molecule has 128 valence electrons. The summed E-state index contributed by atoms with van der Waals surface area (Å²) >= 11 is 5.88. The first-order chi connectivity index (χ1) is 11.6. The summed E-state index contributed by atoms with van der Waals surface area (Å²) in [6, 6.07) is 14.6. The Hall–Kier alpha value is -2.04. The number of amides is 1. The van der Waals surface area contributed by atoms with E-state index in [4.69, 9.17) is 21.1 Å². The molecule has 0 aliphatic carbocycles. The summed E-state index contributed by atoms with van der Waals surface area (Å²) in [5.41, 5.74) is 1.50. The van der Waals surface area contributed by atoms with Crippen molar-refractivity contribution < 1.29 is 14.3 Å². The molecule has 5 heteroatoms. The van der Waals surface area contributed by atoms with Gasteiger partial charge in [-0.2, -0.15) is 0 Å². The molecule has 1 atom stereocenters. The number of carbonyl (C=O) groups is 1. The van der Waals surface area contributed by atoms with Gasteiger partial charge in [0.2, 0.25) is 0 Å². The number of carbonyl (C=O) groups excluding carboxylic acids is 1. The van der Waals surface area contributed by atoms with Gasteiger partial charge < -0.3 is 14.8 Å². The Bertz CT molecular complexity index is 658. The summed E-state index contributed by atoms with van der Waals surface area (Å²) in [6.45, 7) is 2.86. The normalized spacial score (nSPS) is 11.8. The largest absolute Gasteiger partial charge is 0.488 e. The minimum absolute atomic E-state index is 0.0215. The molecule has 2 aromatic rings. The molecular weight excluding hydrogens is 326 g/mol. The summed E-state index contributed by atoms with van der Waals surface area (Å²) in [6.07, 6.45) is 0.799.